The summed E-state index contributed by atoms with van der Waals surface area (Å²) in [6.07, 6.45) is 3.40. The van der Waals surface area contributed by atoms with Gasteiger partial charge in [0.15, 0.2) is 0 Å². The lowest BCUT2D eigenvalue weighted by molar-refractivity contribution is -0.137. The predicted octanol–water partition coefficient (Wildman–Crippen LogP) is 2.93. The van der Waals surface area contributed by atoms with E-state index in [2.05, 4.69) is 11.8 Å². The topological polar surface area (TPSA) is 80.6 Å². The first kappa shape index (κ1) is 21.8. The molecule has 3 aliphatic rings. The molecule has 7 nitrogen and oxygen atoms in total. The van der Waals surface area contributed by atoms with Gasteiger partial charge in [-0.2, -0.15) is 0 Å². The molecule has 1 aromatic rings. The van der Waals surface area contributed by atoms with E-state index in [-0.39, 0.29) is 17.9 Å². The maximum Gasteiger partial charge on any atom is 0.337 e. The van der Waals surface area contributed by atoms with Crippen LogP contribution in [-0.4, -0.2) is 62.1 Å². The van der Waals surface area contributed by atoms with E-state index < -0.39 is 17.4 Å². The number of hydrogen-bond donors (Lipinski definition) is 1. The summed E-state index contributed by atoms with van der Waals surface area (Å²) in [7, 11) is 4.34. The number of ether oxygens (including phenoxy) is 3. The molecule has 0 saturated carbocycles. The zero-order valence-electron chi connectivity index (χ0n) is 18.4. The third-order valence-electron chi connectivity index (χ3n) is 6.97. The quantitative estimate of drug-likeness (QED) is 0.438. The molecule has 4 rings (SSSR count). The molecule has 31 heavy (non-hydrogen) atoms. The largest absolute Gasteiger partial charge is 0.504 e. The SMILES string of the molecule is CC[C@@H]1CN2CC[C@@]3(O)C(=Nc4cc(F)cc(OC)c43)[C@@H]2C[C@@H]1/C(=C\OC)C(=O)OC. The van der Waals surface area contributed by atoms with E-state index in [9.17, 15) is 14.3 Å². The number of piperidine rings is 2. The first-order valence-electron chi connectivity index (χ1n) is 10.6. The second kappa shape index (κ2) is 8.24. The van der Waals surface area contributed by atoms with Crippen molar-refractivity contribution in [2.75, 3.05) is 34.4 Å². The van der Waals surface area contributed by atoms with Crippen LogP contribution in [0.3, 0.4) is 0 Å². The molecule has 0 radical (unpaired) electrons. The number of halogens is 1. The van der Waals surface area contributed by atoms with Crippen LogP contribution in [0.15, 0.2) is 29.0 Å². The first-order chi connectivity index (χ1) is 14.9. The first-order valence-corrected chi connectivity index (χ1v) is 10.6. The Bertz CT molecular complexity index is 946. The Hall–Kier alpha value is -2.45. The monoisotopic (exact) mass is 432 g/mol. The minimum atomic E-state index is -1.31. The smallest absolute Gasteiger partial charge is 0.337 e. The lowest BCUT2D eigenvalue weighted by Gasteiger charge is -2.50. The minimum Gasteiger partial charge on any atom is -0.504 e. The molecule has 0 aromatic heterocycles. The van der Waals surface area contributed by atoms with Gasteiger partial charge in [0.25, 0.3) is 0 Å². The van der Waals surface area contributed by atoms with Gasteiger partial charge >= 0.3 is 5.97 Å². The number of aliphatic hydroxyl groups is 1. The Kier molecular flexibility index (Phi) is 5.79. The fourth-order valence-corrected chi connectivity index (χ4v) is 5.49. The summed E-state index contributed by atoms with van der Waals surface area (Å²) in [4.78, 5) is 19.5. The Morgan fingerprint density at radius 3 is 2.81 bits per heavy atom. The number of carbonyl (C=O) groups is 1. The molecule has 2 fully saturated rings. The van der Waals surface area contributed by atoms with Crippen molar-refractivity contribution in [3.05, 3.63) is 35.3 Å². The van der Waals surface area contributed by atoms with Crippen molar-refractivity contribution in [3.8, 4) is 5.75 Å². The van der Waals surface area contributed by atoms with Crippen molar-refractivity contribution in [3.63, 3.8) is 0 Å². The third kappa shape index (κ3) is 3.42. The normalized spacial score (nSPS) is 30.1. The molecule has 3 aliphatic heterocycles. The van der Waals surface area contributed by atoms with Crippen molar-refractivity contribution in [2.45, 2.75) is 37.8 Å². The molecule has 1 aromatic carbocycles. The second-order valence-corrected chi connectivity index (χ2v) is 8.43. The lowest BCUT2D eigenvalue weighted by atomic mass is 9.70. The minimum absolute atomic E-state index is 0.106. The lowest BCUT2D eigenvalue weighted by Crippen LogP contribution is -2.60. The van der Waals surface area contributed by atoms with Gasteiger partial charge in [0.05, 0.1) is 56.2 Å². The summed E-state index contributed by atoms with van der Waals surface area (Å²) < 4.78 is 29.7. The van der Waals surface area contributed by atoms with Gasteiger partial charge in [0.1, 0.15) is 17.2 Å². The summed E-state index contributed by atoms with van der Waals surface area (Å²) in [6.45, 7) is 3.54. The van der Waals surface area contributed by atoms with Crippen molar-refractivity contribution in [1.29, 1.82) is 0 Å². The fourth-order valence-electron chi connectivity index (χ4n) is 5.49. The van der Waals surface area contributed by atoms with Gasteiger partial charge < -0.3 is 19.3 Å². The highest BCUT2D eigenvalue weighted by Crippen LogP contribution is 2.52. The van der Waals surface area contributed by atoms with Gasteiger partial charge in [-0.3, -0.25) is 9.89 Å². The molecule has 0 spiro atoms. The number of nitrogens with zero attached hydrogens (tertiary/aromatic N) is 2. The van der Waals surface area contributed by atoms with E-state index in [0.29, 0.717) is 47.7 Å². The van der Waals surface area contributed by atoms with Gasteiger partial charge in [0, 0.05) is 25.2 Å². The van der Waals surface area contributed by atoms with Crippen LogP contribution in [0.25, 0.3) is 0 Å². The maximum atomic E-state index is 14.1. The number of esters is 1. The van der Waals surface area contributed by atoms with Crippen LogP contribution in [0, 0.1) is 17.7 Å². The number of carbonyl (C=O) groups excluding carboxylic acids is 1. The number of rotatable bonds is 5. The van der Waals surface area contributed by atoms with Crippen LogP contribution in [0.5, 0.6) is 5.75 Å². The standard InChI is InChI=1S/C23H29FN2O5/c1-5-13-11-26-7-6-23(28)20-17(8-14(24)9-19(20)30-3)25-21(23)18(26)10-15(13)16(12-29-2)22(27)31-4/h8-9,12-13,15,18,28H,5-7,10-11H2,1-4H3/b16-12+/t13-,15+,18+,23+/m1/s1. The van der Waals surface area contributed by atoms with Crippen LogP contribution < -0.4 is 4.74 Å². The van der Waals surface area contributed by atoms with E-state index >= 15 is 0 Å². The molecule has 0 amide bonds. The van der Waals surface area contributed by atoms with Gasteiger partial charge in [-0.15, -0.1) is 0 Å². The Morgan fingerprint density at radius 1 is 1.39 bits per heavy atom. The predicted molar refractivity (Wildman–Crippen MR) is 113 cm³/mol. The molecular formula is C23H29FN2O5. The number of benzene rings is 1. The summed E-state index contributed by atoms with van der Waals surface area (Å²) in [5, 5.41) is 11.7. The van der Waals surface area contributed by atoms with Crippen molar-refractivity contribution in [2.24, 2.45) is 16.8 Å². The molecule has 3 heterocycles. The molecule has 1 N–H and O–H groups in total. The highest BCUT2D eigenvalue weighted by Gasteiger charge is 2.54. The molecule has 0 aliphatic carbocycles. The van der Waals surface area contributed by atoms with Crippen LogP contribution in [-0.2, 0) is 19.9 Å². The van der Waals surface area contributed by atoms with Crippen LogP contribution in [0.1, 0.15) is 31.7 Å². The maximum absolute atomic E-state index is 14.1. The average Bonchev–Trinajstić information content (AvgIpc) is 3.08. The number of aliphatic imine (C=N–C) groups is 1. The average molecular weight is 432 g/mol. The Balaban J connectivity index is 1.74. The zero-order valence-corrected chi connectivity index (χ0v) is 18.4. The molecule has 168 valence electrons. The molecule has 8 heteroatoms. The summed E-state index contributed by atoms with van der Waals surface area (Å²) in [5.74, 6) is -0.434. The Morgan fingerprint density at radius 2 is 2.16 bits per heavy atom. The van der Waals surface area contributed by atoms with Gasteiger partial charge in [0.2, 0.25) is 0 Å². The van der Waals surface area contributed by atoms with E-state index in [0.717, 1.165) is 13.0 Å². The van der Waals surface area contributed by atoms with Crippen molar-refractivity contribution >= 4 is 17.4 Å². The van der Waals surface area contributed by atoms with Crippen molar-refractivity contribution < 1.29 is 28.5 Å². The highest BCUT2D eigenvalue weighted by atomic mass is 19.1. The molecular weight excluding hydrogens is 403 g/mol. The Labute approximate surface area is 181 Å². The number of hydrogen-bond acceptors (Lipinski definition) is 7. The van der Waals surface area contributed by atoms with Crippen molar-refractivity contribution in [1.82, 2.24) is 4.90 Å². The van der Waals surface area contributed by atoms with Gasteiger partial charge in [-0.05, 0) is 24.7 Å². The summed E-state index contributed by atoms with van der Waals surface area (Å²) >= 11 is 0. The highest BCUT2D eigenvalue weighted by molar-refractivity contribution is 6.05. The third-order valence-corrected chi connectivity index (χ3v) is 6.97. The summed E-state index contributed by atoms with van der Waals surface area (Å²) in [6, 6.07) is 2.44. The summed E-state index contributed by atoms with van der Waals surface area (Å²) in [5.41, 5.74) is 0.714. The zero-order chi connectivity index (χ0) is 22.3. The van der Waals surface area contributed by atoms with Gasteiger partial charge in [-0.1, -0.05) is 13.3 Å². The van der Waals surface area contributed by atoms with E-state index in [1.54, 1.807) is 0 Å². The molecule has 4 atom stereocenters. The van der Waals surface area contributed by atoms with Crippen LogP contribution in [0.2, 0.25) is 0 Å². The number of methoxy groups -OCH3 is 3. The fraction of sp³-hybridized carbons (Fsp3) is 0.565. The van der Waals surface area contributed by atoms with E-state index in [1.807, 2.05) is 0 Å². The van der Waals surface area contributed by atoms with Gasteiger partial charge in [-0.25, -0.2) is 9.18 Å². The molecule has 0 unspecified atom stereocenters. The molecule has 0 bridgehead atoms. The molecule has 2 saturated heterocycles. The van der Waals surface area contributed by atoms with Crippen LogP contribution >= 0.6 is 0 Å². The van der Waals surface area contributed by atoms with E-state index in [1.165, 1.54) is 39.7 Å². The van der Waals surface area contributed by atoms with E-state index in [4.69, 9.17) is 19.2 Å². The van der Waals surface area contributed by atoms with Crippen LogP contribution in [0.4, 0.5) is 10.1 Å². The number of fused-ring (bicyclic) bond motifs is 5. The second-order valence-electron chi connectivity index (χ2n) is 8.43.